The molecule has 3 heterocycles. The largest absolute Gasteiger partial charge is 0.353 e. The van der Waals surface area contributed by atoms with Gasteiger partial charge >= 0.3 is 0 Å². The third-order valence-electron chi connectivity index (χ3n) is 3.72. The van der Waals surface area contributed by atoms with Crippen LogP contribution < -0.4 is 10.6 Å². The van der Waals surface area contributed by atoms with Crippen molar-refractivity contribution in [3.63, 3.8) is 0 Å². The molecule has 2 aromatic heterocycles. The molecule has 0 unspecified atom stereocenters. The van der Waals surface area contributed by atoms with Crippen molar-refractivity contribution in [2.24, 2.45) is 0 Å². The normalized spacial score (nSPS) is 20.4. The number of hydrogen-bond acceptors (Lipinski definition) is 4. The van der Waals surface area contributed by atoms with Crippen LogP contribution in [0.15, 0.2) is 24.5 Å². The predicted molar refractivity (Wildman–Crippen MR) is 74.4 cm³/mol. The zero-order chi connectivity index (χ0) is 12.8. The van der Waals surface area contributed by atoms with Crippen LogP contribution >= 0.6 is 11.3 Å². The maximum atomic E-state index is 12.3. The smallest absolute Gasteiger partial charge is 0.256 e. The van der Waals surface area contributed by atoms with E-state index in [0.717, 1.165) is 29.0 Å². The lowest BCUT2D eigenvalue weighted by molar-refractivity contribution is 0.0935. The molecule has 4 nitrogen and oxygen atoms in total. The van der Waals surface area contributed by atoms with E-state index in [1.165, 1.54) is 16.9 Å². The van der Waals surface area contributed by atoms with Crippen LogP contribution in [0, 0.1) is 0 Å². The van der Waals surface area contributed by atoms with E-state index in [9.17, 15) is 4.79 Å². The van der Waals surface area contributed by atoms with Crippen molar-refractivity contribution in [3.05, 3.63) is 46.1 Å². The van der Waals surface area contributed by atoms with Crippen molar-refractivity contribution in [3.8, 4) is 0 Å². The lowest BCUT2D eigenvalue weighted by Gasteiger charge is -2.26. The molecule has 1 aliphatic heterocycles. The summed E-state index contributed by atoms with van der Waals surface area (Å²) in [5, 5.41) is 7.46. The molecule has 0 spiro atoms. The van der Waals surface area contributed by atoms with Gasteiger partial charge < -0.3 is 10.6 Å². The number of rotatable bonds is 1. The molecular weight excluding hydrogens is 258 g/mol. The first kappa shape index (κ1) is 11.0. The van der Waals surface area contributed by atoms with Gasteiger partial charge in [0.05, 0.1) is 5.56 Å². The van der Waals surface area contributed by atoms with Crippen molar-refractivity contribution in [2.75, 3.05) is 5.32 Å². The van der Waals surface area contributed by atoms with Gasteiger partial charge in [-0.2, -0.15) is 0 Å². The van der Waals surface area contributed by atoms with Gasteiger partial charge in [0.25, 0.3) is 5.91 Å². The summed E-state index contributed by atoms with van der Waals surface area (Å²) >= 11 is 1.73. The third-order valence-corrected chi connectivity index (χ3v) is 4.94. The minimum atomic E-state index is -0.174. The summed E-state index contributed by atoms with van der Waals surface area (Å²) in [6, 6.07) is 3.85. The second-order valence-electron chi connectivity index (χ2n) is 4.90. The van der Waals surface area contributed by atoms with E-state index in [-0.39, 0.29) is 12.1 Å². The Morgan fingerprint density at radius 3 is 3.11 bits per heavy atom. The van der Waals surface area contributed by atoms with Gasteiger partial charge in [0.1, 0.15) is 11.2 Å². The highest BCUT2D eigenvalue weighted by atomic mass is 32.1. The minimum absolute atomic E-state index is 0.0435. The minimum Gasteiger partial charge on any atom is -0.353 e. The number of nitrogens with one attached hydrogen (secondary N) is 2. The second-order valence-corrected chi connectivity index (χ2v) is 6.00. The van der Waals surface area contributed by atoms with Gasteiger partial charge in [0, 0.05) is 22.8 Å². The fourth-order valence-corrected chi connectivity index (χ4v) is 4.14. The van der Waals surface area contributed by atoms with Crippen LogP contribution in [0.1, 0.15) is 38.9 Å². The van der Waals surface area contributed by atoms with Crippen LogP contribution in [0.4, 0.5) is 5.00 Å². The van der Waals surface area contributed by atoms with Gasteiger partial charge in [0.2, 0.25) is 0 Å². The van der Waals surface area contributed by atoms with E-state index in [4.69, 9.17) is 0 Å². The highest BCUT2D eigenvalue weighted by molar-refractivity contribution is 7.16. The highest BCUT2D eigenvalue weighted by Crippen LogP contribution is 2.42. The average molecular weight is 271 g/mol. The van der Waals surface area contributed by atoms with Gasteiger partial charge in [-0.25, -0.2) is 0 Å². The van der Waals surface area contributed by atoms with Crippen molar-refractivity contribution in [2.45, 2.75) is 25.4 Å². The maximum Gasteiger partial charge on any atom is 0.256 e. The number of nitrogens with zero attached hydrogens (tertiary/aromatic N) is 1. The highest BCUT2D eigenvalue weighted by Gasteiger charge is 2.32. The van der Waals surface area contributed by atoms with E-state index >= 15 is 0 Å². The summed E-state index contributed by atoms with van der Waals surface area (Å²) in [5.41, 5.74) is 3.11. The molecule has 2 aliphatic rings. The van der Waals surface area contributed by atoms with Gasteiger partial charge in [-0.1, -0.05) is 6.07 Å². The number of fused-ring (bicyclic) bond motifs is 3. The van der Waals surface area contributed by atoms with E-state index in [0.29, 0.717) is 0 Å². The first-order chi connectivity index (χ1) is 9.33. The van der Waals surface area contributed by atoms with Crippen molar-refractivity contribution >= 4 is 22.2 Å². The molecule has 0 radical (unpaired) electrons. The van der Waals surface area contributed by atoms with Gasteiger partial charge in [-0.3, -0.25) is 9.78 Å². The number of aryl methyl sites for hydroxylation is 1. The molecule has 5 heteroatoms. The van der Waals surface area contributed by atoms with Crippen LogP contribution in [-0.2, 0) is 12.8 Å². The number of hydrogen-bond donors (Lipinski definition) is 2. The number of amides is 1. The lowest BCUT2D eigenvalue weighted by atomic mass is 10.1. The summed E-state index contributed by atoms with van der Waals surface area (Å²) in [6.45, 7) is 0. The quantitative estimate of drug-likeness (QED) is 0.838. The summed E-state index contributed by atoms with van der Waals surface area (Å²) in [4.78, 5) is 17.8. The van der Waals surface area contributed by atoms with Crippen LogP contribution in [0.25, 0.3) is 0 Å². The Balaban J connectivity index is 1.74. The SMILES string of the molecule is O=C1N[C@H](c2cccnc2)Nc2sc3c(c21)CCC3. The monoisotopic (exact) mass is 271 g/mol. The Bertz CT molecular complexity index is 650. The fourth-order valence-electron chi connectivity index (χ4n) is 2.83. The molecule has 4 rings (SSSR count). The van der Waals surface area contributed by atoms with Crippen LogP contribution in [0.2, 0.25) is 0 Å². The Hall–Kier alpha value is -1.88. The zero-order valence-electron chi connectivity index (χ0n) is 10.3. The fraction of sp³-hybridized carbons (Fsp3) is 0.286. The number of thiophene rings is 1. The van der Waals surface area contributed by atoms with E-state index in [2.05, 4.69) is 15.6 Å². The summed E-state index contributed by atoms with van der Waals surface area (Å²) in [6.07, 6.45) is 6.66. The van der Waals surface area contributed by atoms with Crippen molar-refractivity contribution < 1.29 is 4.79 Å². The zero-order valence-corrected chi connectivity index (χ0v) is 11.1. The van der Waals surface area contributed by atoms with E-state index in [1.54, 1.807) is 23.7 Å². The number of pyridine rings is 1. The number of carbonyl (C=O) groups excluding carboxylic acids is 1. The molecule has 0 bridgehead atoms. The summed E-state index contributed by atoms with van der Waals surface area (Å²) < 4.78 is 0. The molecule has 2 N–H and O–H groups in total. The predicted octanol–water partition coefficient (Wildman–Crippen LogP) is 2.49. The molecule has 0 aromatic carbocycles. The van der Waals surface area contributed by atoms with Gasteiger partial charge in [0.15, 0.2) is 0 Å². The van der Waals surface area contributed by atoms with E-state index in [1.807, 2.05) is 12.1 Å². The van der Waals surface area contributed by atoms with Crippen LogP contribution in [-0.4, -0.2) is 10.9 Å². The Labute approximate surface area is 114 Å². The van der Waals surface area contributed by atoms with Crippen LogP contribution in [0.3, 0.4) is 0 Å². The molecule has 1 atom stereocenters. The standard InChI is InChI=1S/C14H13N3OS/c18-13-11-9-4-1-5-10(9)19-14(11)17-12(16-13)8-3-2-6-15-7-8/h2-3,6-7,12,17H,1,4-5H2,(H,16,18)/t12-/m0/s1. The Kier molecular flexibility index (Phi) is 2.35. The van der Waals surface area contributed by atoms with Crippen molar-refractivity contribution in [1.82, 2.24) is 10.3 Å². The average Bonchev–Trinajstić information content (AvgIpc) is 2.99. The number of anilines is 1. The molecule has 1 aliphatic carbocycles. The third kappa shape index (κ3) is 1.65. The molecule has 96 valence electrons. The van der Waals surface area contributed by atoms with Crippen LogP contribution in [0.5, 0.6) is 0 Å². The second kappa shape index (κ2) is 4.06. The number of carbonyl (C=O) groups is 1. The maximum absolute atomic E-state index is 12.3. The molecule has 1 amide bonds. The molecule has 19 heavy (non-hydrogen) atoms. The molecule has 0 fully saturated rings. The molecule has 0 saturated heterocycles. The number of aromatic nitrogens is 1. The first-order valence-corrected chi connectivity index (χ1v) is 7.26. The molecule has 0 saturated carbocycles. The Morgan fingerprint density at radius 1 is 1.32 bits per heavy atom. The summed E-state index contributed by atoms with van der Waals surface area (Å²) in [5.74, 6) is 0.0435. The first-order valence-electron chi connectivity index (χ1n) is 6.45. The van der Waals surface area contributed by atoms with Crippen molar-refractivity contribution in [1.29, 1.82) is 0 Å². The topological polar surface area (TPSA) is 54.0 Å². The lowest BCUT2D eigenvalue weighted by Crippen LogP contribution is -2.38. The molecular formula is C14H13N3OS. The van der Waals surface area contributed by atoms with E-state index < -0.39 is 0 Å². The van der Waals surface area contributed by atoms with Gasteiger partial charge in [-0.15, -0.1) is 11.3 Å². The van der Waals surface area contributed by atoms with Gasteiger partial charge in [-0.05, 0) is 30.9 Å². The summed E-state index contributed by atoms with van der Waals surface area (Å²) in [7, 11) is 0. The Morgan fingerprint density at radius 2 is 2.26 bits per heavy atom. The molecule has 2 aromatic rings.